The van der Waals surface area contributed by atoms with E-state index in [0.29, 0.717) is 27.3 Å². The van der Waals surface area contributed by atoms with Gasteiger partial charge in [-0.1, -0.05) is 90.7 Å². The number of carboxylic acids is 1. The highest BCUT2D eigenvalue weighted by molar-refractivity contribution is 8.27. The van der Waals surface area contributed by atoms with Gasteiger partial charge in [0.1, 0.15) is 12.4 Å². The molecule has 0 bridgehead atoms. The van der Waals surface area contributed by atoms with Gasteiger partial charge in [-0.25, -0.2) is 4.79 Å². The molecule has 0 radical (unpaired) electrons. The fourth-order valence-electron chi connectivity index (χ4n) is 3.89. The molecule has 5 nitrogen and oxygen atoms in total. The van der Waals surface area contributed by atoms with Crippen LogP contribution in [0.25, 0.3) is 16.8 Å². The normalized spacial score (nSPS) is 14.6. The maximum absolute atomic E-state index is 13.4. The van der Waals surface area contributed by atoms with Crippen molar-refractivity contribution in [2.24, 2.45) is 0 Å². The topological polar surface area (TPSA) is 66.8 Å². The molecule has 1 aliphatic heterocycles. The molecule has 35 heavy (non-hydrogen) atoms. The second kappa shape index (κ2) is 9.74. The van der Waals surface area contributed by atoms with E-state index in [4.69, 9.17) is 17.0 Å². The molecule has 1 amide bonds. The van der Waals surface area contributed by atoms with E-state index in [1.807, 2.05) is 72.8 Å². The first-order valence-corrected chi connectivity index (χ1v) is 12.0. The third kappa shape index (κ3) is 4.69. The van der Waals surface area contributed by atoms with Crippen molar-refractivity contribution in [3.63, 3.8) is 0 Å². The van der Waals surface area contributed by atoms with Crippen LogP contribution in [0.5, 0.6) is 5.75 Å². The SMILES string of the molecule is O=C(O)c1cccc(N2C(=O)/C(=C\c3c(OCc4ccccc4)ccc4ccccc34)SC2=S)c1. The van der Waals surface area contributed by atoms with Gasteiger partial charge in [0.2, 0.25) is 0 Å². The molecule has 0 spiro atoms. The van der Waals surface area contributed by atoms with E-state index < -0.39 is 5.97 Å². The number of carbonyl (C=O) groups is 2. The Bertz CT molecular complexity index is 1500. The summed E-state index contributed by atoms with van der Waals surface area (Å²) in [6.45, 7) is 0.392. The molecule has 0 saturated carbocycles. The summed E-state index contributed by atoms with van der Waals surface area (Å²) in [5.74, 6) is -0.709. The van der Waals surface area contributed by atoms with Crippen LogP contribution in [0.15, 0.2) is 95.9 Å². The van der Waals surface area contributed by atoms with Crippen LogP contribution in [0.2, 0.25) is 0 Å². The second-order valence-electron chi connectivity index (χ2n) is 7.85. The monoisotopic (exact) mass is 497 g/mol. The van der Waals surface area contributed by atoms with E-state index in [9.17, 15) is 14.7 Å². The average Bonchev–Trinajstić information content (AvgIpc) is 3.16. The number of fused-ring (bicyclic) bond motifs is 1. The predicted octanol–water partition coefficient (Wildman–Crippen LogP) is 6.52. The van der Waals surface area contributed by atoms with Crippen molar-refractivity contribution < 1.29 is 19.4 Å². The molecule has 1 N–H and O–H groups in total. The summed E-state index contributed by atoms with van der Waals surface area (Å²) in [6.07, 6.45) is 1.81. The summed E-state index contributed by atoms with van der Waals surface area (Å²) in [6, 6.07) is 27.9. The molecule has 5 rings (SSSR count). The number of benzene rings is 4. The molecule has 1 aliphatic rings. The quantitative estimate of drug-likeness (QED) is 0.242. The summed E-state index contributed by atoms with van der Waals surface area (Å²) in [4.78, 5) is 26.6. The second-order valence-corrected chi connectivity index (χ2v) is 9.52. The molecule has 0 aromatic heterocycles. The van der Waals surface area contributed by atoms with Gasteiger partial charge >= 0.3 is 5.97 Å². The Kier molecular flexibility index (Phi) is 6.35. The van der Waals surface area contributed by atoms with Crippen molar-refractivity contribution in [2.45, 2.75) is 6.61 Å². The van der Waals surface area contributed by atoms with Gasteiger partial charge in [0.15, 0.2) is 4.32 Å². The van der Waals surface area contributed by atoms with Crippen LogP contribution in [0.4, 0.5) is 5.69 Å². The van der Waals surface area contributed by atoms with Crippen LogP contribution in [0.1, 0.15) is 21.5 Å². The van der Waals surface area contributed by atoms with Crippen LogP contribution in [-0.4, -0.2) is 21.3 Å². The van der Waals surface area contributed by atoms with Gasteiger partial charge in [0.05, 0.1) is 16.2 Å². The van der Waals surface area contributed by atoms with Gasteiger partial charge in [0.25, 0.3) is 5.91 Å². The molecule has 1 fully saturated rings. The van der Waals surface area contributed by atoms with Crippen molar-refractivity contribution >= 4 is 62.7 Å². The lowest BCUT2D eigenvalue weighted by molar-refractivity contribution is -0.113. The Morgan fingerprint density at radius 3 is 2.54 bits per heavy atom. The fraction of sp³-hybridized carbons (Fsp3) is 0.0357. The van der Waals surface area contributed by atoms with Gasteiger partial charge in [-0.05, 0) is 46.7 Å². The van der Waals surface area contributed by atoms with E-state index in [-0.39, 0.29) is 11.5 Å². The minimum Gasteiger partial charge on any atom is -0.488 e. The highest BCUT2D eigenvalue weighted by Gasteiger charge is 2.34. The lowest BCUT2D eigenvalue weighted by Crippen LogP contribution is -2.27. The summed E-state index contributed by atoms with van der Waals surface area (Å²) < 4.78 is 6.52. The summed E-state index contributed by atoms with van der Waals surface area (Å²) in [5.41, 5.74) is 2.34. The van der Waals surface area contributed by atoms with E-state index in [2.05, 4.69) is 0 Å². The van der Waals surface area contributed by atoms with Gasteiger partial charge in [-0.3, -0.25) is 9.69 Å². The number of rotatable bonds is 6. The zero-order valence-electron chi connectivity index (χ0n) is 18.4. The molecule has 7 heteroatoms. The molecule has 4 aromatic carbocycles. The minimum absolute atomic E-state index is 0.0891. The van der Waals surface area contributed by atoms with Crippen molar-refractivity contribution in [3.8, 4) is 5.75 Å². The first kappa shape index (κ1) is 22.8. The maximum Gasteiger partial charge on any atom is 0.335 e. The largest absolute Gasteiger partial charge is 0.488 e. The molecular formula is C28H19NO4S2. The molecule has 1 heterocycles. The number of hydrogen-bond donors (Lipinski definition) is 1. The van der Waals surface area contributed by atoms with Crippen LogP contribution >= 0.6 is 24.0 Å². The lowest BCUT2D eigenvalue weighted by Gasteiger charge is -2.15. The molecule has 172 valence electrons. The van der Waals surface area contributed by atoms with E-state index in [1.165, 1.54) is 28.8 Å². The standard InChI is InChI=1S/C28H19NO4S2/c30-26-25(35-28(34)29(26)21-11-6-10-20(15-21)27(31)32)16-23-22-12-5-4-9-19(22)13-14-24(23)33-17-18-7-2-1-3-8-18/h1-16H,17H2,(H,31,32)/b25-16+. The molecule has 4 aromatic rings. The number of carbonyl (C=O) groups excluding carboxylic acids is 1. The Morgan fingerprint density at radius 2 is 1.74 bits per heavy atom. The Morgan fingerprint density at radius 1 is 0.971 bits per heavy atom. The number of ether oxygens (including phenoxy) is 1. The van der Waals surface area contributed by atoms with Crippen molar-refractivity contribution in [1.82, 2.24) is 0 Å². The van der Waals surface area contributed by atoms with Gasteiger partial charge in [-0.2, -0.15) is 0 Å². The van der Waals surface area contributed by atoms with E-state index >= 15 is 0 Å². The molecule has 0 atom stereocenters. The number of hydrogen-bond acceptors (Lipinski definition) is 5. The van der Waals surface area contributed by atoms with Crippen LogP contribution in [0.3, 0.4) is 0 Å². The zero-order valence-corrected chi connectivity index (χ0v) is 20.0. The Labute approximate surface area is 211 Å². The highest BCUT2D eigenvalue weighted by Crippen LogP contribution is 2.39. The Balaban J connectivity index is 1.53. The summed E-state index contributed by atoms with van der Waals surface area (Å²) >= 11 is 6.68. The third-order valence-corrected chi connectivity index (χ3v) is 6.89. The lowest BCUT2D eigenvalue weighted by atomic mass is 10.0. The molecular weight excluding hydrogens is 478 g/mol. The predicted molar refractivity (Wildman–Crippen MR) is 144 cm³/mol. The van der Waals surface area contributed by atoms with Gasteiger partial charge in [0, 0.05) is 5.56 Å². The number of thiocarbonyl (C=S) groups is 1. The first-order chi connectivity index (χ1) is 17.0. The molecule has 1 saturated heterocycles. The zero-order chi connectivity index (χ0) is 24.4. The van der Waals surface area contributed by atoms with Crippen molar-refractivity contribution in [1.29, 1.82) is 0 Å². The van der Waals surface area contributed by atoms with Crippen molar-refractivity contribution in [3.05, 3.63) is 113 Å². The van der Waals surface area contributed by atoms with Crippen molar-refractivity contribution in [2.75, 3.05) is 4.90 Å². The highest BCUT2D eigenvalue weighted by atomic mass is 32.2. The fourth-order valence-corrected chi connectivity index (χ4v) is 5.17. The number of amides is 1. The number of aromatic carboxylic acids is 1. The third-order valence-electron chi connectivity index (χ3n) is 5.59. The van der Waals surface area contributed by atoms with E-state index in [0.717, 1.165) is 21.9 Å². The molecule has 0 unspecified atom stereocenters. The number of carboxylic acid groups (broad SMARTS) is 1. The average molecular weight is 498 g/mol. The minimum atomic E-state index is -1.07. The van der Waals surface area contributed by atoms with Gasteiger partial charge in [-0.15, -0.1) is 0 Å². The smallest absolute Gasteiger partial charge is 0.335 e. The number of nitrogens with zero attached hydrogens (tertiary/aromatic N) is 1. The van der Waals surface area contributed by atoms with E-state index in [1.54, 1.807) is 12.1 Å². The number of thioether (sulfide) groups is 1. The van der Waals surface area contributed by atoms with Crippen LogP contribution in [-0.2, 0) is 11.4 Å². The van der Waals surface area contributed by atoms with Crippen LogP contribution < -0.4 is 9.64 Å². The first-order valence-electron chi connectivity index (χ1n) is 10.8. The maximum atomic E-state index is 13.4. The van der Waals surface area contributed by atoms with Gasteiger partial charge < -0.3 is 9.84 Å². The molecule has 0 aliphatic carbocycles. The number of anilines is 1. The van der Waals surface area contributed by atoms with Crippen LogP contribution in [0, 0.1) is 0 Å². The summed E-state index contributed by atoms with van der Waals surface area (Å²) in [5, 5.41) is 11.3. The summed E-state index contributed by atoms with van der Waals surface area (Å²) in [7, 11) is 0. The Hall–Kier alpha value is -3.94.